The van der Waals surface area contributed by atoms with Crippen molar-refractivity contribution in [3.05, 3.63) is 29.8 Å². The van der Waals surface area contributed by atoms with Gasteiger partial charge in [-0.15, -0.1) is 0 Å². The summed E-state index contributed by atoms with van der Waals surface area (Å²) < 4.78 is 11.4. The molecular weight excluding hydrogens is 238 g/mol. The average molecular weight is 265 g/mol. The first-order valence-electron chi connectivity index (χ1n) is 7.26. The number of hydrogen-bond acceptors (Lipinski definition) is 3. The highest BCUT2D eigenvalue weighted by molar-refractivity contribution is 5.36. The number of nitrogens with one attached hydrogen (secondary N) is 1. The smallest absolute Gasteiger partial charge is 0.124 e. The summed E-state index contributed by atoms with van der Waals surface area (Å²) in [6, 6.07) is 8.40. The van der Waals surface area contributed by atoms with Crippen LogP contribution < -0.4 is 10.1 Å². The van der Waals surface area contributed by atoms with Crippen molar-refractivity contribution in [3.63, 3.8) is 0 Å². The highest BCUT2D eigenvalue weighted by atomic mass is 16.5. The van der Waals surface area contributed by atoms with Crippen LogP contribution in [0.1, 0.15) is 45.2 Å². The van der Waals surface area contributed by atoms with Crippen LogP contribution in [0.25, 0.3) is 0 Å². The van der Waals surface area contributed by atoms with Gasteiger partial charge in [-0.05, 0) is 32.4 Å². The maximum Gasteiger partial charge on any atom is 0.124 e. The lowest BCUT2D eigenvalue weighted by molar-refractivity contribution is 0.0641. The van der Waals surface area contributed by atoms with E-state index < -0.39 is 0 Å². The first-order valence-corrected chi connectivity index (χ1v) is 7.26. The number of methoxy groups -OCH3 is 1. The normalized spacial score (nSPS) is 14.1. The predicted octanol–water partition coefficient (Wildman–Crippen LogP) is 3.55. The fourth-order valence-electron chi connectivity index (χ4n) is 2.30. The molecule has 0 saturated heterocycles. The van der Waals surface area contributed by atoms with Crippen LogP contribution in [0.2, 0.25) is 0 Å². The summed E-state index contributed by atoms with van der Waals surface area (Å²) in [6.07, 6.45) is 2.24. The second-order valence-electron chi connectivity index (χ2n) is 4.59. The zero-order valence-electron chi connectivity index (χ0n) is 12.6. The number of ether oxygens (including phenoxy) is 2. The molecule has 0 heterocycles. The molecule has 0 aromatic heterocycles. The van der Waals surface area contributed by atoms with Gasteiger partial charge in [-0.1, -0.05) is 32.0 Å². The molecule has 0 spiro atoms. The molecule has 0 bridgehead atoms. The van der Waals surface area contributed by atoms with E-state index in [1.165, 1.54) is 5.56 Å². The van der Waals surface area contributed by atoms with E-state index in [0.29, 0.717) is 6.61 Å². The van der Waals surface area contributed by atoms with Gasteiger partial charge >= 0.3 is 0 Å². The third kappa shape index (κ3) is 4.51. The van der Waals surface area contributed by atoms with E-state index in [4.69, 9.17) is 9.47 Å². The fraction of sp³-hybridized carbons (Fsp3) is 0.625. The molecule has 3 heteroatoms. The fourth-order valence-corrected chi connectivity index (χ4v) is 2.30. The summed E-state index contributed by atoms with van der Waals surface area (Å²) in [5.41, 5.74) is 1.19. The molecule has 0 aliphatic heterocycles. The third-order valence-electron chi connectivity index (χ3n) is 3.25. The van der Waals surface area contributed by atoms with Crippen LogP contribution in [0.5, 0.6) is 5.75 Å². The van der Waals surface area contributed by atoms with E-state index in [1.54, 1.807) is 7.11 Å². The topological polar surface area (TPSA) is 30.5 Å². The molecule has 1 aromatic carbocycles. The minimum absolute atomic E-state index is 0.160. The molecule has 2 atom stereocenters. The minimum Gasteiger partial charge on any atom is -0.494 e. The van der Waals surface area contributed by atoms with E-state index in [0.717, 1.165) is 25.1 Å². The Balaban J connectivity index is 3.01. The average Bonchev–Trinajstić information content (AvgIpc) is 2.45. The van der Waals surface area contributed by atoms with E-state index in [2.05, 4.69) is 31.3 Å². The summed E-state index contributed by atoms with van der Waals surface area (Å²) in [7, 11) is 1.78. The Morgan fingerprint density at radius 3 is 2.47 bits per heavy atom. The van der Waals surface area contributed by atoms with Crippen LogP contribution in [0.3, 0.4) is 0 Å². The van der Waals surface area contributed by atoms with Crippen LogP contribution in [0, 0.1) is 0 Å². The molecule has 0 fully saturated rings. The Labute approximate surface area is 117 Å². The lowest BCUT2D eigenvalue weighted by atomic mass is 9.98. The second kappa shape index (κ2) is 8.94. The van der Waals surface area contributed by atoms with Crippen LogP contribution >= 0.6 is 0 Å². The third-order valence-corrected chi connectivity index (χ3v) is 3.25. The largest absolute Gasteiger partial charge is 0.494 e. The van der Waals surface area contributed by atoms with E-state index in [9.17, 15) is 0 Å². The van der Waals surface area contributed by atoms with Crippen molar-refractivity contribution in [1.29, 1.82) is 0 Å². The van der Waals surface area contributed by atoms with E-state index in [1.807, 2.05) is 19.1 Å². The number of para-hydroxylation sites is 1. The van der Waals surface area contributed by atoms with Crippen molar-refractivity contribution < 1.29 is 9.47 Å². The zero-order valence-corrected chi connectivity index (χ0v) is 12.6. The maximum atomic E-state index is 5.74. The monoisotopic (exact) mass is 265 g/mol. The first kappa shape index (κ1) is 16.0. The number of benzene rings is 1. The molecule has 2 unspecified atom stereocenters. The Kier molecular flexibility index (Phi) is 7.53. The van der Waals surface area contributed by atoms with Crippen LogP contribution in [-0.2, 0) is 4.74 Å². The summed E-state index contributed by atoms with van der Waals surface area (Å²) in [5, 5.41) is 3.58. The van der Waals surface area contributed by atoms with Gasteiger partial charge < -0.3 is 14.8 Å². The lowest BCUT2D eigenvalue weighted by Gasteiger charge is -2.28. The van der Waals surface area contributed by atoms with Crippen molar-refractivity contribution in [3.8, 4) is 5.75 Å². The molecule has 1 rings (SSSR count). The highest BCUT2D eigenvalue weighted by Crippen LogP contribution is 2.29. The summed E-state index contributed by atoms with van der Waals surface area (Å²) in [4.78, 5) is 0. The maximum absolute atomic E-state index is 5.74. The van der Waals surface area contributed by atoms with Crippen LogP contribution in [0.4, 0.5) is 0 Å². The number of hydrogen-bond donors (Lipinski definition) is 1. The van der Waals surface area contributed by atoms with Crippen molar-refractivity contribution in [2.45, 2.75) is 45.8 Å². The Hall–Kier alpha value is -1.06. The molecule has 3 nitrogen and oxygen atoms in total. The van der Waals surface area contributed by atoms with Gasteiger partial charge in [0.1, 0.15) is 5.75 Å². The predicted molar refractivity (Wildman–Crippen MR) is 79.7 cm³/mol. The zero-order chi connectivity index (χ0) is 14.1. The molecule has 1 aromatic rings. The molecule has 0 amide bonds. The Morgan fingerprint density at radius 2 is 1.89 bits per heavy atom. The highest BCUT2D eigenvalue weighted by Gasteiger charge is 2.23. The second-order valence-corrected chi connectivity index (χ2v) is 4.59. The van der Waals surface area contributed by atoms with Gasteiger partial charge in [0.25, 0.3) is 0 Å². The molecule has 1 N–H and O–H groups in total. The van der Waals surface area contributed by atoms with E-state index in [-0.39, 0.29) is 12.1 Å². The van der Waals surface area contributed by atoms with E-state index >= 15 is 0 Å². The van der Waals surface area contributed by atoms with Crippen LogP contribution in [-0.4, -0.2) is 26.4 Å². The van der Waals surface area contributed by atoms with Gasteiger partial charge in [-0.25, -0.2) is 0 Å². The Morgan fingerprint density at radius 1 is 1.16 bits per heavy atom. The molecule has 19 heavy (non-hydrogen) atoms. The van der Waals surface area contributed by atoms with Gasteiger partial charge in [0.05, 0.1) is 18.8 Å². The molecule has 0 radical (unpaired) electrons. The summed E-state index contributed by atoms with van der Waals surface area (Å²) in [6.45, 7) is 8.00. The molecule has 0 aliphatic rings. The molecule has 108 valence electrons. The standard InChI is InChI=1S/C16H27NO2/c1-5-12-17-16(14(6-2)18-4)13-10-8-9-11-15(13)19-7-3/h8-11,14,16-17H,5-7,12H2,1-4H3. The number of rotatable bonds is 9. The summed E-state index contributed by atoms with van der Waals surface area (Å²) in [5.74, 6) is 0.953. The minimum atomic E-state index is 0.160. The molecule has 0 saturated carbocycles. The quantitative estimate of drug-likeness (QED) is 0.740. The van der Waals surface area contributed by atoms with Crippen molar-refractivity contribution in [1.82, 2.24) is 5.32 Å². The Bertz CT molecular complexity index is 350. The van der Waals surface area contributed by atoms with Gasteiger partial charge in [0, 0.05) is 12.7 Å². The van der Waals surface area contributed by atoms with Crippen molar-refractivity contribution in [2.24, 2.45) is 0 Å². The molecule has 0 aliphatic carbocycles. The van der Waals surface area contributed by atoms with Gasteiger partial charge in [-0.3, -0.25) is 0 Å². The van der Waals surface area contributed by atoms with Crippen molar-refractivity contribution in [2.75, 3.05) is 20.3 Å². The SMILES string of the molecule is CCCNC(c1ccccc1OCC)C(CC)OC. The van der Waals surface area contributed by atoms with Crippen molar-refractivity contribution >= 4 is 0 Å². The van der Waals surface area contributed by atoms with Gasteiger partial charge in [-0.2, -0.15) is 0 Å². The first-order chi connectivity index (χ1) is 9.28. The van der Waals surface area contributed by atoms with Gasteiger partial charge in [0.2, 0.25) is 0 Å². The van der Waals surface area contributed by atoms with Crippen LogP contribution in [0.15, 0.2) is 24.3 Å². The molecular formula is C16H27NO2. The van der Waals surface area contributed by atoms with Gasteiger partial charge in [0.15, 0.2) is 0 Å². The lowest BCUT2D eigenvalue weighted by Crippen LogP contribution is -2.33. The summed E-state index contributed by atoms with van der Waals surface area (Å²) >= 11 is 0.